The fourth-order valence-corrected chi connectivity index (χ4v) is 1.56. The van der Waals surface area contributed by atoms with Gasteiger partial charge in [0.2, 0.25) is 0 Å². The summed E-state index contributed by atoms with van der Waals surface area (Å²) in [7, 11) is 0. The molecule has 0 aliphatic carbocycles. The van der Waals surface area contributed by atoms with Crippen molar-refractivity contribution in [3.63, 3.8) is 0 Å². The molecule has 1 aromatic carbocycles. The molecule has 0 fully saturated rings. The van der Waals surface area contributed by atoms with Crippen molar-refractivity contribution < 1.29 is 0 Å². The van der Waals surface area contributed by atoms with Crippen LogP contribution < -0.4 is 11.2 Å². The number of hydrazone groups is 1. The predicted octanol–water partition coefficient (Wildman–Crippen LogP) is 2.09. The summed E-state index contributed by atoms with van der Waals surface area (Å²) in [6.07, 6.45) is 3.43. The van der Waals surface area contributed by atoms with Crippen LogP contribution in [-0.4, -0.2) is 15.8 Å². The van der Waals surface area contributed by atoms with Crippen molar-refractivity contribution >= 4 is 35.4 Å². The number of nitrogens with one attached hydrogen (secondary N) is 1. The summed E-state index contributed by atoms with van der Waals surface area (Å²) < 4.78 is 0. The number of benzene rings is 1. The van der Waals surface area contributed by atoms with Crippen LogP contribution in [0.2, 0.25) is 0 Å². The average molecular weight is 293 g/mol. The molecule has 0 spiro atoms. The van der Waals surface area contributed by atoms with Gasteiger partial charge in [-0.15, -0.1) is 12.4 Å². The summed E-state index contributed by atoms with van der Waals surface area (Å²) in [5.41, 5.74) is 10.7. The van der Waals surface area contributed by atoms with Crippen LogP contribution in [0.25, 0.3) is 0 Å². The molecule has 1 heterocycles. The van der Waals surface area contributed by atoms with Gasteiger partial charge in [0.15, 0.2) is 5.11 Å². The second kappa shape index (κ2) is 7.45. The molecule has 0 atom stereocenters. The standard InChI is InChI=1S/C13H12N4S.ClH/c14-13(18)17-16-12(10-4-2-1-3-5-10)11-6-8-15-9-7-11;/h1-9H,(H3,14,17,18);1H. The summed E-state index contributed by atoms with van der Waals surface area (Å²) >= 11 is 4.76. The summed E-state index contributed by atoms with van der Waals surface area (Å²) in [6, 6.07) is 13.6. The van der Waals surface area contributed by atoms with Crippen molar-refractivity contribution in [2.24, 2.45) is 10.8 Å². The molecule has 2 rings (SSSR count). The Bertz CT molecular complexity index is 516. The van der Waals surface area contributed by atoms with Gasteiger partial charge in [-0.2, -0.15) is 5.10 Å². The van der Waals surface area contributed by atoms with Crippen LogP contribution >= 0.6 is 24.6 Å². The molecule has 0 saturated heterocycles. The number of hydrogen-bond donors (Lipinski definition) is 2. The number of rotatable bonds is 3. The second-order valence-electron chi connectivity index (χ2n) is 3.54. The average Bonchev–Trinajstić information content (AvgIpc) is 2.41. The Morgan fingerprint density at radius 3 is 2.21 bits per heavy atom. The van der Waals surface area contributed by atoms with Crippen molar-refractivity contribution in [2.75, 3.05) is 0 Å². The van der Waals surface area contributed by atoms with Crippen molar-refractivity contribution in [3.8, 4) is 0 Å². The minimum atomic E-state index is 0. The zero-order chi connectivity index (χ0) is 12.8. The van der Waals surface area contributed by atoms with E-state index >= 15 is 0 Å². The number of nitrogens with two attached hydrogens (primary N) is 1. The van der Waals surface area contributed by atoms with E-state index in [1.165, 1.54) is 0 Å². The molecular formula is C13H13ClN4S. The molecule has 0 bridgehead atoms. The SMILES string of the molecule is Cl.NC(=S)NN=C(c1ccccc1)c1ccncc1. The highest BCUT2D eigenvalue weighted by Gasteiger charge is 2.06. The zero-order valence-electron chi connectivity index (χ0n) is 9.98. The number of hydrogen-bond acceptors (Lipinski definition) is 3. The number of pyridine rings is 1. The third-order valence-electron chi connectivity index (χ3n) is 2.28. The first-order valence-electron chi connectivity index (χ1n) is 5.36. The fourth-order valence-electron chi connectivity index (χ4n) is 1.51. The highest BCUT2D eigenvalue weighted by molar-refractivity contribution is 7.80. The third kappa shape index (κ3) is 4.31. The first-order valence-corrected chi connectivity index (χ1v) is 5.77. The second-order valence-corrected chi connectivity index (χ2v) is 3.98. The fraction of sp³-hybridized carbons (Fsp3) is 0. The normalized spacial score (nSPS) is 10.4. The van der Waals surface area contributed by atoms with E-state index in [2.05, 4.69) is 15.5 Å². The van der Waals surface area contributed by atoms with Crippen molar-refractivity contribution in [2.45, 2.75) is 0 Å². The van der Waals surface area contributed by atoms with Gasteiger partial charge < -0.3 is 5.73 Å². The Morgan fingerprint density at radius 2 is 1.63 bits per heavy atom. The van der Waals surface area contributed by atoms with Crippen LogP contribution in [-0.2, 0) is 0 Å². The van der Waals surface area contributed by atoms with Crippen molar-refractivity contribution in [1.29, 1.82) is 0 Å². The summed E-state index contributed by atoms with van der Waals surface area (Å²) in [6.45, 7) is 0. The van der Waals surface area contributed by atoms with Gasteiger partial charge >= 0.3 is 0 Å². The molecule has 6 heteroatoms. The molecule has 4 nitrogen and oxygen atoms in total. The maximum atomic E-state index is 5.40. The maximum Gasteiger partial charge on any atom is 0.184 e. The highest BCUT2D eigenvalue weighted by Crippen LogP contribution is 2.09. The van der Waals surface area contributed by atoms with E-state index in [1.807, 2.05) is 42.5 Å². The van der Waals surface area contributed by atoms with Crippen molar-refractivity contribution in [1.82, 2.24) is 10.4 Å². The van der Waals surface area contributed by atoms with Gasteiger partial charge in [-0.1, -0.05) is 30.3 Å². The molecule has 19 heavy (non-hydrogen) atoms. The van der Waals surface area contributed by atoms with Crippen LogP contribution in [0, 0.1) is 0 Å². The van der Waals surface area contributed by atoms with E-state index in [1.54, 1.807) is 12.4 Å². The van der Waals surface area contributed by atoms with E-state index in [0.717, 1.165) is 16.8 Å². The molecule has 0 amide bonds. The Kier molecular flexibility index (Phi) is 5.92. The van der Waals surface area contributed by atoms with Crippen molar-refractivity contribution in [3.05, 3.63) is 66.0 Å². The van der Waals surface area contributed by atoms with Gasteiger partial charge in [-0.3, -0.25) is 10.4 Å². The first kappa shape index (κ1) is 15.1. The molecule has 0 saturated carbocycles. The Balaban J connectivity index is 0.00000180. The number of nitrogens with zero attached hydrogens (tertiary/aromatic N) is 2. The topological polar surface area (TPSA) is 63.3 Å². The number of halogens is 1. The summed E-state index contributed by atoms with van der Waals surface area (Å²) in [5, 5.41) is 4.37. The molecule has 0 aliphatic heterocycles. The van der Waals surface area contributed by atoms with Crippen LogP contribution in [0.5, 0.6) is 0 Å². The van der Waals surface area contributed by atoms with E-state index in [0.29, 0.717) is 0 Å². The minimum absolute atomic E-state index is 0. The van der Waals surface area contributed by atoms with Gasteiger partial charge in [0.25, 0.3) is 0 Å². The van der Waals surface area contributed by atoms with Gasteiger partial charge in [-0.25, -0.2) is 0 Å². The molecular weight excluding hydrogens is 280 g/mol. The van der Waals surface area contributed by atoms with Crippen LogP contribution in [0.4, 0.5) is 0 Å². The molecule has 98 valence electrons. The van der Waals surface area contributed by atoms with Gasteiger partial charge in [0.1, 0.15) is 0 Å². The highest BCUT2D eigenvalue weighted by atomic mass is 35.5. The lowest BCUT2D eigenvalue weighted by Gasteiger charge is -2.07. The quantitative estimate of drug-likeness (QED) is 0.516. The number of thiocarbonyl (C=S) groups is 1. The largest absolute Gasteiger partial charge is 0.375 e. The first-order chi connectivity index (χ1) is 8.77. The van der Waals surface area contributed by atoms with Gasteiger partial charge in [0.05, 0.1) is 5.71 Å². The van der Waals surface area contributed by atoms with E-state index in [4.69, 9.17) is 18.0 Å². The smallest absolute Gasteiger partial charge is 0.184 e. The molecule has 0 aliphatic rings. The predicted molar refractivity (Wildman–Crippen MR) is 83.5 cm³/mol. The van der Waals surface area contributed by atoms with Gasteiger partial charge in [0, 0.05) is 23.5 Å². The Hall–Kier alpha value is -1.98. The Morgan fingerprint density at radius 1 is 1.05 bits per heavy atom. The van der Waals surface area contributed by atoms with E-state index in [9.17, 15) is 0 Å². The lowest BCUT2D eigenvalue weighted by atomic mass is 10.0. The lowest BCUT2D eigenvalue weighted by molar-refractivity contribution is 1.03. The third-order valence-corrected chi connectivity index (χ3v) is 2.37. The maximum absolute atomic E-state index is 5.40. The van der Waals surface area contributed by atoms with Crippen LogP contribution in [0.15, 0.2) is 60.0 Å². The van der Waals surface area contributed by atoms with E-state index in [-0.39, 0.29) is 17.5 Å². The molecule has 0 unspecified atom stereocenters. The number of aromatic nitrogens is 1. The summed E-state index contributed by atoms with van der Waals surface area (Å²) in [5.74, 6) is 0. The molecule has 1 aromatic heterocycles. The zero-order valence-corrected chi connectivity index (χ0v) is 11.6. The summed E-state index contributed by atoms with van der Waals surface area (Å²) in [4.78, 5) is 3.99. The Labute approximate surface area is 123 Å². The van der Waals surface area contributed by atoms with Crippen LogP contribution in [0.1, 0.15) is 11.1 Å². The van der Waals surface area contributed by atoms with Crippen LogP contribution in [0.3, 0.4) is 0 Å². The van der Waals surface area contributed by atoms with E-state index < -0.39 is 0 Å². The lowest BCUT2D eigenvalue weighted by Crippen LogP contribution is -2.26. The molecule has 3 N–H and O–H groups in total. The minimum Gasteiger partial charge on any atom is -0.375 e. The molecule has 2 aromatic rings. The van der Waals surface area contributed by atoms with Gasteiger partial charge in [-0.05, 0) is 24.4 Å². The molecule has 0 radical (unpaired) electrons. The monoisotopic (exact) mass is 292 g/mol.